The van der Waals surface area contributed by atoms with Crippen molar-refractivity contribution in [1.29, 1.82) is 0 Å². The van der Waals surface area contributed by atoms with Gasteiger partial charge < -0.3 is 4.74 Å². The summed E-state index contributed by atoms with van der Waals surface area (Å²) >= 11 is 5.92. The lowest BCUT2D eigenvalue weighted by Crippen LogP contribution is -2.33. The van der Waals surface area contributed by atoms with Crippen LogP contribution in [-0.4, -0.2) is 42.1 Å². The second-order valence-electron chi connectivity index (χ2n) is 7.08. The second kappa shape index (κ2) is 8.79. The van der Waals surface area contributed by atoms with E-state index in [0.717, 1.165) is 16.1 Å². The van der Waals surface area contributed by atoms with Gasteiger partial charge in [-0.15, -0.1) is 0 Å². The molecule has 1 aromatic carbocycles. The Morgan fingerprint density at radius 2 is 2.10 bits per heavy atom. The van der Waals surface area contributed by atoms with E-state index in [1.165, 1.54) is 17.9 Å². The van der Waals surface area contributed by atoms with Gasteiger partial charge in [0.05, 0.1) is 29.4 Å². The molecule has 0 radical (unpaired) electrons. The van der Waals surface area contributed by atoms with Crippen molar-refractivity contribution in [2.24, 2.45) is 0 Å². The highest BCUT2D eigenvalue weighted by molar-refractivity contribution is 7.89. The molecule has 0 spiro atoms. The third-order valence-electron chi connectivity index (χ3n) is 5.17. The lowest BCUT2D eigenvalue weighted by atomic mass is 9.93. The number of benzene rings is 1. The number of sulfonamides is 1. The molecule has 0 unspecified atom stereocenters. The highest BCUT2D eigenvalue weighted by Gasteiger charge is 2.37. The van der Waals surface area contributed by atoms with E-state index in [4.69, 9.17) is 16.3 Å². The third-order valence-corrected chi connectivity index (χ3v) is 7.52. The second-order valence-corrected chi connectivity index (χ2v) is 9.45. The van der Waals surface area contributed by atoms with Crippen LogP contribution in [0.25, 0.3) is 0 Å². The molecular formula is C19H21ClF3N3O4S. The maximum Gasteiger partial charge on any atom is 0.416 e. The number of esters is 1. The van der Waals surface area contributed by atoms with Crippen LogP contribution in [0.3, 0.4) is 0 Å². The molecule has 0 fully saturated rings. The maximum absolute atomic E-state index is 13.2. The van der Waals surface area contributed by atoms with E-state index in [1.54, 1.807) is 6.92 Å². The van der Waals surface area contributed by atoms with Crippen molar-refractivity contribution in [3.8, 4) is 0 Å². The molecule has 0 amide bonds. The van der Waals surface area contributed by atoms with Crippen molar-refractivity contribution in [1.82, 2.24) is 14.1 Å². The number of hydrogen-bond donors (Lipinski definition) is 0. The first kappa shape index (κ1) is 23.6. The predicted octanol–water partition coefficient (Wildman–Crippen LogP) is 3.82. The van der Waals surface area contributed by atoms with Gasteiger partial charge in [-0.05, 0) is 44.4 Å². The molecule has 0 bridgehead atoms. The number of halogens is 4. The van der Waals surface area contributed by atoms with E-state index < -0.39 is 43.7 Å². The highest BCUT2D eigenvalue weighted by Crippen LogP contribution is 2.39. The summed E-state index contributed by atoms with van der Waals surface area (Å²) in [6.45, 7) is 1.84. The van der Waals surface area contributed by atoms with Crippen LogP contribution in [0.4, 0.5) is 13.2 Å². The quantitative estimate of drug-likeness (QED) is 0.588. The minimum atomic E-state index is -4.64. The van der Waals surface area contributed by atoms with Gasteiger partial charge in [0.25, 0.3) is 0 Å². The predicted molar refractivity (Wildman–Crippen MR) is 106 cm³/mol. The average Bonchev–Trinajstić information content (AvgIpc) is 3.09. The lowest BCUT2D eigenvalue weighted by Gasteiger charge is -2.31. The zero-order valence-electron chi connectivity index (χ0n) is 16.8. The van der Waals surface area contributed by atoms with E-state index in [2.05, 4.69) is 5.10 Å². The molecule has 7 nitrogen and oxygen atoms in total. The number of alkyl halides is 3. The summed E-state index contributed by atoms with van der Waals surface area (Å²) in [6, 6.07) is 1.57. The summed E-state index contributed by atoms with van der Waals surface area (Å²) in [5.74, 6) is -0.451. The number of rotatable bonds is 6. The summed E-state index contributed by atoms with van der Waals surface area (Å²) in [4.78, 5) is 11.4. The molecule has 31 heavy (non-hydrogen) atoms. The van der Waals surface area contributed by atoms with Crippen LogP contribution in [0.1, 0.15) is 42.6 Å². The van der Waals surface area contributed by atoms with Gasteiger partial charge in [0, 0.05) is 18.3 Å². The Morgan fingerprint density at radius 3 is 2.71 bits per heavy atom. The minimum Gasteiger partial charge on any atom is -0.465 e. The molecule has 0 N–H and O–H groups in total. The topological polar surface area (TPSA) is 81.5 Å². The van der Waals surface area contributed by atoms with Crippen molar-refractivity contribution >= 4 is 27.6 Å². The molecule has 1 heterocycles. The van der Waals surface area contributed by atoms with Crippen molar-refractivity contribution in [2.45, 2.75) is 49.8 Å². The number of hydrogen-bond acceptors (Lipinski definition) is 5. The number of nitrogens with zero attached hydrogens (tertiary/aromatic N) is 3. The van der Waals surface area contributed by atoms with Crippen molar-refractivity contribution < 1.29 is 31.1 Å². The van der Waals surface area contributed by atoms with Crippen LogP contribution < -0.4 is 0 Å². The van der Waals surface area contributed by atoms with Gasteiger partial charge in [0.15, 0.2) is 0 Å². The number of carbonyl (C=O) groups excluding carboxylic acids is 1. The van der Waals surface area contributed by atoms with E-state index in [-0.39, 0.29) is 13.2 Å². The molecule has 12 heteroatoms. The average molecular weight is 480 g/mol. The van der Waals surface area contributed by atoms with Gasteiger partial charge in [-0.3, -0.25) is 9.48 Å². The van der Waals surface area contributed by atoms with Gasteiger partial charge in [-0.2, -0.15) is 22.6 Å². The Morgan fingerprint density at radius 1 is 1.39 bits per heavy atom. The van der Waals surface area contributed by atoms with Crippen LogP contribution in [-0.2, 0) is 38.7 Å². The zero-order valence-corrected chi connectivity index (χ0v) is 18.4. The summed E-state index contributed by atoms with van der Waals surface area (Å²) in [5, 5.41) is 3.70. The van der Waals surface area contributed by atoms with Gasteiger partial charge in [0.1, 0.15) is 11.4 Å². The molecule has 170 valence electrons. The first-order chi connectivity index (χ1) is 14.5. The van der Waals surface area contributed by atoms with Gasteiger partial charge >= 0.3 is 12.1 Å². The Bertz CT molecular complexity index is 1090. The lowest BCUT2D eigenvalue weighted by molar-refractivity contribution is -0.144. The summed E-state index contributed by atoms with van der Waals surface area (Å²) in [6.07, 6.45) is -1.37. The van der Waals surface area contributed by atoms with E-state index >= 15 is 0 Å². The fourth-order valence-corrected chi connectivity index (χ4v) is 5.53. The van der Waals surface area contributed by atoms with Crippen LogP contribution in [0, 0.1) is 0 Å². The van der Waals surface area contributed by atoms with E-state index in [9.17, 15) is 26.4 Å². The normalized spacial score (nSPS) is 16.9. The monoisotopic (exact) mass is 479 g/mol. The summed E-state index contributed by atoms with van der Waals surface area (Å²) in [7, 11) is -2.84. The Balaban J connectivity index is 1.91. The van der Waals surface area contributed by atoms with Gasteiger partial charge in [0.2, 0.25) is 10.0 Å². The van der Waals surface area contributed by atoms with E-state index in [0.29, 0.717) is 37.0 Å². The number of fused-ring (bicyclic) bond motifs is 1. The van der Waals surface area contributed by atoms with Crippen molar-refractivity contribution in [3.05, 3.63) is 46.2 Å². The molecule has 1 atom stereocenters. The smallest absolute Gasteiger partial charge is 0.416 e. The SMILES string of the molecule is CCOC(=O)Cn1ncc2c1CCC[C@@H]2N(C)S(=O)(=O)c1ccc(C(F)(F)F)cc1Cl. The van der Waals surface area contributed by atoms with Crippen LogP contribution in [0.15, 0.2) is 29.3 Å². The van der Waals surface area contributed by atoms with Crippen LogP contribution >= 0.6 is 11.6 Å². The molecule has 1 aromatic heterocycles. The third kappa shape index (κ3) is 4.73. The maximum atomic E-state index is 13.2. The van der Waals surface area contributed by atoms with Crippen molar-refractivity contribution in [2.75, 3.05) is 13.7 Å². The summed E-state index contributed by atoms with van der Waals surface area (Å²) in [5.41, 5.74) is 0.342. The fraction of sp³-hybridized carbons (Fsp3) is 0.474. The summed E-state index contributed by atoms with van der Waals surface area (Å²) < 4.78 is 72.5. The molecule has 1 aliphatic rings. The molecule has 0 saturated heterocycles. The van der Waals surface area contributed by atoms with Crippen LogP contribution in [0.2, 0.25) is 5.02 Å². The van der Waals surface area contributed by atoms with Gasteiger partial charge in [-0.1, -0.05) is 11.6 Å². The zero-order chi connectivity index (χ0) is 23.0. The molecular weight excluding hydrogens is 459 g/mol. The van der Waals surface area contributed by atoms with E-state index in [1.807, 2.05) is 0 Å². The fourth-order valence-electron chi connectivity index (χ4n) is 3.65. The Hall–Kier alpha value is -2.11. The molecule has 0 saturated carbocycles. The number of ether oxygens (including phenoxy) is 1. The Labute approximate surface area is 182 Å². The molecule has 0 aliphatic heterocycles. The highest BCUT2D eigenvalue weighted by atomic mass is 35.5. The van der Waals surface area contributed by atoms with Gasteiger partial charge in [-0.25, -0.2) is 8.42 Å². The molecule has 2 aromatic rings. The Kier molecular flexibility index (Phi) is 6.68. The van der Waals surface area contributed by atoms with Crippen molar-refractivity contribution in [3.63, 3.8) is 0 Å². The molecule has 3 rings (SSSR count). The number of carbonyl (C=O) groups is 1. The van der Waals surface area contributed by atoms with Crippen LogP contribution in [0.5, 0.6) is 0 Å². The standard InChI is InChI=1S/C19H21ClF3N3O4S/c1-3-30-18(27)11-26-16-6-4-5-15(13(16)10-24-26)25(2)31(28,29)17-8-7-12(9-14(17)20)19(21,22)23/h7-10,15H,3-6,11H2,1-2H3/t15-/m0/s1. The molecule has 1 aliphatic carbocycles. The minimum absolute atomic E-state index is 0.0862. The number of aromatic nitrogens is 2. The first-order valence-electron chi connectivity index (χ1n) is 9.51. The largest absolute Gasteiger partial charge is 0.465 e. The first-order valence-corrected chi connectivity index (χ1v) is 11.3.